The first-order valence-corrected chi connectivity index (χ1v) is 12.1. The van der Waals surface area contributed by atoms with Gasteiger partial charge in [0.25, 0.3) is 0 Å². The van der Waals surface area contributed by atoms with Gasteiger partial charge in [-0.2, -0.15) is 0 Å². The quantitative estimate of drug-likeness (QED) is 0.652. The summed E-state index contributed by atoms with van der Waals surface area (Å²) in [6.45, 7) is 6.04. The lowest BCUT2D eigenvalue weighted by molar-refractivity contribution is 0.0228. The number of anilines is 1. The molecule has 3 aliphatic rings. The minimum Gasteiger partial charge on any atom is -0.493 e. The Bertz CT molecular complexity index is 1070. The fourth-order valence-corrected chi connectivity index (χ4v) is 4.70. The maximum atomic E-state index is 5.97. The van der Waals surface area contributed by atoms with Crippen LogP contribution >= 0.6 is 0 Å². The van der Waals surface area contributed by atoms with E-state index in [-0.39, 0.29) is 0 Å². The number of hydrogen-bond acceptors (Lipinski definition) is 7. The molecule has 0 radical (unpaired) electrons. The third-order valence-corrected chi connectivity index (χ3v) is 6.45. The number of likely N-dealkylation sites (N-methyl/N-ethyl adjacent to an activating group) is 1. The predicted octanol–water partition coefficient (Wildman–Crippen LogP) is 3.74. The van der Waals surface area contributed by atoms with E-state index in [4.69, 9.17) is 14.5 Å². The molecule has 1 aromatic heterocycles. The topological polar surface area (TPSA) is 62.8 Å². The number of benzene rings is 1. The maximum Gasteiger partial charge on any atom is 0.227 e. The summed E-state index contributed by atoms with van der Waals surface area (Å²) in [6.07, 6.45) is 12.7. The molecule has 3 heterocycles. The summed E-state index contributed by atoms with van der Waals surface area (Å²) < 4.78 is 11.6. The van der Waals surface area contributed by atoms with Crippen molar-refractivity contribution in [3.05, 3.63) is 72.1 Å². The van der Waals surface area contributed by atoms with Crippen molar-refractivity contribution < 1.29 is 9.47 Å². The Labute approximate surface area is 201 Å². The summed E-state index contributed by atoms with van der Waals surface area (Å²) in [5.74, 6) is 1.46. The lowest BCUT2D eigenvalue weighted by Gasteiger charge is -2.38. The Morgan fingerprint density at radius 1 is 1.09 bits per heavy atom. The molecule has 1 aliphatic carbocycles. The molecule has 1 fully saturated rings. The average molecular weight is 460 g/mol. The molecule has 7 heteroatoms. The van der Waals surface area contributed by atoms with Crippen molar-refractivity contribution in [3.8, 4) is 17.0 Å². The largest absolute Gasteiger partial charge is 0.493 e. The van der Waals surface area contributed by atoms with Gasteiger partial charge >= 0.3 is 0 Å². The Kier molecular flexibility index (Phi) is 7.34. The molecule has 2 aliphatic heterocycles. The van der Waals surface area contributed by atoms with Crippen LogP contribution in [0.25, 0.3) is 11.3 Å². The monoisotopic (exact) mass is 459 g/mol. The van der Waals surface area contributed by atoms with Crippen LogP contribution in [0.5, 0.6) is 5.75 Å². The van der Waals surface area contributed by atoms with E-state index in [1.165, 1.54) is 5.57 Å². The first kappa shape index (κ1) is 22.8. The van der Waals surface area contributed by atoms with Gasteiger partial charge in [-0.3, -0.25) is 9.80 Å². The van der Waals surface area contributed by atoms with E-state index in [1.54, 1.807) is 6.20 Å². The van der Waals surface area contributed by atoms with Crippen molar-refractivity contribution in [2.75, 3.05) is 58.4 Å². The molecule has 1 aromatic carbocycles. The number of ether oxygens (including phenoxy) is 2. The van der Waals surface area contributed by atoms with Gasteiger partial charge in [-0.15, -0.1) is 0 Å². The van der Waals surface area contributed by atoms with Crippen LogP contribution < -0.4 is 10.1 Å². The number of aromatic nitrogens is 2. The van der Waals surface area contributed by atoms with Crippen molar-refractivity contribution in [1.82, 2.24) is 19.8 Å². The van der Waals surface area contributed by atoms with Gasteiger partial charge in [-0.25, -0.2) is 9.97 Å². The Hall–Kier alpha value is -3.00. The van der Waals surface area contributed by atoms with E-state index in [2.05, 4.69) is 57.5 Å². The van der Waals surface area contributed by atoms with Crippen LogP contribution in [-0.4, -0.2) is 78.9 Å². The molecule has 1 atom stereocenters. The Morgan fingerprint density at radius 2 is 2.00 bits per heavy atom. The van der Waals surface area contributed by atoms with Gasteiger partial charge in [0.2, 0.25) is 5.95 Å². The van der Waals surface area contributed by atoms with Gasteiger partial charge in [0.05, 0.1) is 25.5 Å². The highest BCUT2D eigenvalue weighted by Crippen LogP contribution is 2.27. The zero-order chi connectivity index (χ0) is 23.2. The molecule has 0 saturated carbocycles. The zero-order valence-electron chi connectivity index (χ0n) is 19.8. The van der Waals surface area contributed by atoms with Crippen LogP contribution in [0.3, 0.4) is 0 Å². The number of allylic oxidation sites excluding steroid dienone is 1. The van der Waals surface area contributed by atoms with Crippen molar-refractivity contribution in [3.63, 3.8) is 0 Å². The summed E-state index contributed by atoms with van der Waals surface area (Å²) in [5.41, 5.74) is 4.35. The normalized spacial score (nSPS) is 23.4. The molecule has 178 valence electrons. The summed E-state index contributed by atoms with van der Waals surface area (Å²) in [7, 11) is 2.18. The summed E-state index contributed by atoms with van der Waals surface area (Å²) in [6, 6.07) is 10.4. The molecule has 5 rings (SSSR count). The molecule has 7 nitrogen and oxygen atoms in total. The minimum absolute atomic E-state index is 0.398. The summed E-state index contributed by atoms with van der Waals surface area (Å²) >= 11 is 0. The van der Waals surface area contributed by atoms with Crippen LogP contribution in [0.2, 0.25) is 0 Å². The highest BCUT2D eigenvalue weighted by Gasteiger charge is 2.27. The van der Waals surface area contributed by atoms with Crippen molar-refractivity contribution in [1.29, 1.82) is 0 Å². The van der Waals surface area contributed by atoms with Gasteiger partial charge in [0.15, 0.2) is 0 Å². The SMILES string of the molecule is CN1C/C=C/CCOc2cccc(c2)-c2ccnc(n2)NC2=CCC(N3CCOCC3)C(=C2)C1. The molecule has 2 aromatic rings. The standard InChI is InChI=1S/C27H33N5O2/c1-31-12-3-2-4-15-34-24-7-5-6-21(19-24)25-10-11-28-27(30-25)29-23-8-9-26(22(18-23)20-31)32-13-16-33-17-14-32/h2-3,5-8,10-11,18-19,26H,4,9,12-17,20H2,1H3,(H,28,29,30)/b3-2+. The van der Waals surface area contributed by atoms with Crippen LogP contribution in [0.15, 0.2) is 72.1 Å². The second-order valence-electron chi connectivity index (χ2n) is 9.00. The van der Waals surface area contributed by atoms with Gasteiger partial charge in [-0.1, -0.05) is 30.4 Å². The number of nitrogens with zero attached hydrogens (tertiary/aromatic N) is 4. The van der Waals surface area contributed by atoms with E-state index < -0.39 is 0 Å². The number of nitrogens with one attached hydrogen (secondary N) is 1. The molecule has 34 heavy (non-hydrogen) atoms. The molecule has 6 bridgehead atoms. The fraction of sp³-hybridized carbons (Fsp3) is 0.407. The van der Waals surface area contributed by atoms with Crippen LogP contribution in [0, 0.1) is 0 Å². The molecular formula is C27H33N5O2. The number of fused-ring (bicyclic) bond motifs is 6. The van der Waals surface area contributed by atoms with Crippen LogP contribution in [0.4, 0.5) is 5.95 Å². The highest BCUT2D eigenvalue weighted by atomic mass is 16.5. The molecule has 1 saturated heterocycles. The van der Waals surface area contributed by atoms with E-state index in [1.807, 2.05) is 24.3 Å². The third-order valence-electron chi connectivity index (χ3n) is 6.45. The minimum atomic E-state index is 0.398. The Morgan fingerprint density at radius 3 is 2.91 bits per heavy atom. The number of morpholine rings is 1. The highest BCUT2D eigenvalue weighted by molar-refractivity contribution is 5.62. The first-order chi connectivity index (χ1) is 16.7. The number of rotatable bonds is 1. The van der Waals surface area contributed by atoms with Gasteiger partial charge in [0, 0.05) is 49.7 Å². The average Bonchev–Trinajstić information content (AvgIpc) is 2.87. The molecule has 0 spiro atoms. The maximum absolute atomic E-state index is 5.97. The first-order valence-electron chi connectivity index (χ1n) is 12.1. The van der Waals surface area contributed by atoms with E-state index in [0.717, 1.165) is 74.9 Å². The van der Waals surface area contributed by atoms with Gasteiger partial charge in [-0.05, 0) is 49.7 Å². The number of hydrogen-bond donors (Lipinski definition) is 1. The fourth-order valence-electron chi connectivity index (χ4n) is 4.70. The predicted molar refractivity (Wildman–Crippen MR) is 135 cm³/mol. The van der Waals surface area contributed by atoms with Crippen LogP contribution in [-0.2, 0) is 4.74 Å². The zero-order valence-corrected chi connectivity index (χ0v) is 19.8. The van der Waals surface area contributed by atoms with Gasteiger partial charge in [0.1, 0.15) is 5.75 Å². The second-order valence-corrected chi connectivity index (χ2v) is 9.00. The second kappa shape index (κ2) is 11.0. The Balaban J connectivity index is 1.44. The van der Waals surface area contributed by atoms with Crippen molar-refractivity contribution in [2.24, 2.45) is 0 Å². The van der Waals surface area contributed by atoms with E-state index in [9.17, 15) is 0 Å². The molecule has 1 N–H and O–H groups in total. The third kappa shape index (κ3) is 5.73. The summed E-state index contributed by atoms with van der Waals surface area (Å²) in [5, 5.41) is 3.46. The van der Waals surface area contributed by atoms with Crippen molar-refractivity contribution in [2.45, 2.75) is 18.9 Å². The molecule has 1 unspecified atom stereocenters. The van der Waals surface area contributed by atoms with Crippen molar-refractivity contribution >= 4 is 5.95 Å². The smallest absolute Gasteiger partial charge is 0.227 e. The molecule has 0 amide bonds. The van der Waals surface area contributed by atoms with E-state index >= 15 is 0 Å². The lowest BCUT2D eigenvalue weighted by Crippen LogP contribution is -2.46. The van der Waals surface area contributed by atoms with E-state index in [0.29, 0.717) is 18.6 Å². The van der Waals surface area contributed by atoms with Crippen LogP contribution in [0.1, 0.15) is 12.8 Å². The lowest BCUT2D eigenvalue weighted by atomic mass is 9.94. The summed E-state index contributed by atoms with van der Waals surface area (Å²) in [4.78, 5) is 14.2. The molecular weight excluding hydrogens is 426 g/mol. The van der Waals surface area contributed by atoms with Gasteiger partial charge < -0.3 is 14.8 Å².